The van der Waals surface area contributed by atoms with Crippen LogP contribution in [0.15, 0.2) is 60.7 Å². The lowest BCUT2D eigenvalue weighted by Gasteiger charge is -2.29. The molecule has 3 atom stereocenters. The van der Waals surface area contributed by atoms with E-state index in [1.807, 2.05) is 24.8 Å². The zero-order valence-corrected chi connectivity index (χ0v) is 31.7. The number of likely N-dealkylation sites (tertiary alicyclic amines) is 2. The van der Waals surface area contributed by atoms with Gasteiger partial charge in [0.25, 0.3) is 0 Å². The Hall–Kier alpha value is -5.08. The molecule has 4 heterocycles. The van der Waals surface area contributed by atoms with Crippen molar-refractivity contribution >= 4 is 67.1 Å². The van der Waals surface area contributed by atoms with Crippen molar-refractivity contribution in [2.24, 2.45) is 5.92 Å². The summed E-state index contributed by atoms with van der Waals surface area (Å²) >= 11 is 3.22. The van der Waals surface area contributed by atoms with E-state index in [-0.39, 0.29) is 36.4 Å². The molecule has 0 aliphatic carbocycles. The fraction of sp³-hybridized carbons (Fsp3) is 0.385. The Labute approximate surface area is 315 Å². The van der Waals surface area contributed by atoms with Crippen molar-refractivity contribution in [3.05, 3.63) is 70.7 Å². The average molecular weight is 755 g/mol. The Morgan fingerprint density at radius 3 is 1.96 bits per heavy atom. The molecule has 7 rings (SSSR count). The molecule has 14 heteroatoms. The van der Waals surface area contributed by atoms with E-state index >= 15 is 0 Å². The second-order valence-electron chi connectivity index (χ2n) is 13.7. The fourth-order valence-electron chi connectivity index (χ4n) is 7.20. The van der Waals surface area contributed by atoms with Gasteiger partial charge in [0, 0.05) is 13.1 Å². The molecular weight excluding hydrogens is 713 g/mol. The number of thiazole rings is 2. The minimum absolute atomic E-state index is 0.0911. The van der Waals surface area contributed by atoms with Crippen LogP contribution in [0.2, 0.25) is 0 Å². The number of ether oxygens (including phenoxy) is 2. The first kappa shape index (κ1) is 36.3. The standard InChI is InChI=1S/C39H42N6O6S2/c1-22(2)34(43-39(49)51-4)37(47)45-18-6-8-30(45)36-41-27-15-13-26(20-32(27)53-36)24-11-9-23(10-12-24)25-14-16-31-28(19-25)42-35(52-31)29-7-5-17-44(29)33(46)21-40-38(48)50-3/h9-16,19-20,22,29-30,34H,5-8,17-18,21H2,1-4H3,(H,40,48)(H,43,49)/t29-,30+,34+/m0/s1. The largest absolute Gasteiger partial charge is 0.453 e. The van der Waals surface area contributed by atoms with E-state index in [1.165, 1.54) is 14.2 Å². The van der Waals surface area contributed by atoms with Crippen LogP contribution in [-0.2, 0) is 19.1 Å². The predicted molar refractivity (Wildman–Crippen MR) is 206 cm³/mol. The normalized spacial score (nSPS) is 17.8. The monoisotopic (exact) mass is 754 g/mol. The van der Waals surface area contributed by atoms with Crippen LogP contribution in [0.25, 0.3) is 42.7 Å². The van der Waals surface area contributed by atoms with Crippen molar-refractivity contribution in [1.82, 2.24) is 30.4 Å². The molecule has 53 heavy (non-hydrogen) atoms. The molecule has 12 nitrogen and oxygen atoms in total. The number of nitrogens with zero attached hydrogens (tertiary/aromatic N) is 4. The molecular formula is C39H42N6O6S2. The zero-order chi connectivity index (χ0) is 37.2. The molecule has 0 unspecified atom stereocenters. The van der Waals surface area contributed by atoms with Gasteiger partial charge in [-0.15, -0.1) is 22.7 Å². The number of nitrogens with one attached hydrogen (secondary N) is 2. The van der Waals surface area contributed by atoms with E-state index in [4.69, 9.17) is 14.7 Å². The summed E-state index contributed by atoms with van der Waals surface area (Å²) in [6, 6.07) is 20.1. The Balaban J connectivity index is 1.06. The summed E-state index contributed by atoms with van der Waals surface area (Å²) in [7, 11) is 2.57. The van der Waals surface area contributed by atoms with Crippen molar-refractivity contribution in [1.29, 1.82) is 0 Å². The first-order valence-corrected chi connectivity index (χ1v) is 19.4. The maximum Gasteiger partial charge on any atom is 0.407 e. The number of rotatable bonds is 9. The summed E-state index contributed by atoms with van der Waals surface area (Å²) in [5.41, 5.74) is 6.09. The molecule has 5 aromatic rings. The Kier molecular flexibility index (Phi) is 10.6. The third kappa shape index (κ3) is 7.56. The molecule has 2 aliphatic heterocycles. The van der Waals surface area contributed by atoms with Crippen LogP contribution >= 0.6 is 22.7 Å². The second kappa shape index (κ2) is 15.5. The van der Waals surface area contributed by atoms with Gasteiger partial charge in [-0.3, -0.25) is 9.59 Å². The van der Waals surface area contributed by atoms with Crippen molar-refractivity contribution in [3.63, 3.8) is 0 Å². The quantitative estimate of drug-likeness (QED) is 0.160. The molecule has 2 aliphatic rings. The number of hydrogen-bond donors (Lipinski definition) is 2. The molecule has 4 amide bonds. The molecule has 0 bridgehead atoms. The first-order chi connectivity index (χ1) is 25.6. The van der Waals surface area contributed by atoms with Gasteiger partial charge in [0.05, 0.1) is 46.7 Å². The van der Waals surface area contributed by atoms with Crippen molar-refractivity contribution in [2.45, 2.75) is 57.7 Å². The lowest BCUT2D eigenvalue weighted by molar-refractivity contribution is -0.135. The fourth-order valence-corrected chi connectivity index (χ4v) is 9.45. The SMILES string of the molecule is COC(=O)NCC(=O)N1CCC[C@H]1c1nc2cc(-c3ccc(-c4ccc5nc([C@H]6CCCN6C(=O)[C@H](NC(=O)OC)C(C)C)sc5c4)cc3)ccc2s1. The van der Waals surface area contributed by atoms with Crippen LogP contribution in [-0.4, -0.2) is 83.7 Å². The zero-order valence-electron chi connectivity index (χ0n) is 30.1. The molecule has 0 radical (unpaired) electrons. The van der Waals surface area contributed by atoms with Gasteiger partial charge in [0.1, 0.15) is 22.6 Å². The van der Waals surface area contributed by atoms with Gasteiger partial charge in [-0.05, 0) is 78.1 Å². The molecule has 2 saturated heterocycles. The molecule has 2 N–H and O–H groups in total. The summed E-state index contributed by atoms with van der Waals surface area (Å²) in [6.45, 7) is 4.98. The van der Waals surface area contributed by atoms with Crippen LogP contribution in [0.3, 0.4) is 0 Å². The highest BCUT2D eigenvalue weighted by molar-refractivity contribution is 7.19. The van der Waals surface area contributed by atoms with Crippen molar-refractivity contribution in [3.8, 4) is 22.3 Å². The number of methoxy groups -OCH3 is 2. The Morgan fingerprint density at radius 1 is 0.736 bits per heavy atom. The number of hydrogen-bond acceptors (Lipinski definition) is 10. The number of aromatic nitrogens is 2. The predicted octanol–water partition coefficient (Wildman–Crippen LogP) is 7.30. The summed E-state index contributed by atoms with van der Waals surface area (Å²) < 4.78 is 11.5. The number of amides is 4. The van der Waals surface area contributed by atoms with E-state index in [0.717, 1.165) is 78.4 Å². The Morgan fingerprint density at radius 2 is 1.30 bits per heavy atom. The van der Waals surface area contributed by atoms with Crippen molar-refractivity contribution < 1.29 is 28.7 Å². The molecule has 0 saturated carbocycles. The highest BCUT2D eigenvalue weighted by Gasteiger charge is 2.38. The number of benzene rings is 3. The minimum atomic E-state index is -0.669. The molecule has 0 spiro atoms. The first-order valence-electron chi connectivity index (χ1n) is 17.8. The number of alkyl carbamates (subject to hydrolysis) is 2. The number of carbonyl (C=O) groups is 4. The van der Waals surface area contributed by atoms with E-state index in [1.54, 1.807) is 27.6 Å². The number of fused-ring (bicyclic) bond motifs is 2. The molecule has 2 fully saturated rings. The van der Waals surface area contributed by atoms with Crippen LogP contribution in [0.1, 0.15) is 61.6 Å². The topological polar surface area (TPSA) is 143 Å². The van der Waals surface area contributed by atoms with Crippen LogP contribution in [0, 0.1) is 5.92 Å². The van der Waals surface area contributed by atoms with E-state index < -0.39 is 18.2 Å². The average Bonchev–Trinajstić information content (AvgIpc) is 4.00. The van der Waals surface area contributed by atoms with Crippen molar-refractivity contribution in [2.75, 3.05) is 33.9 Å². The maximum absolute atomic E-state index is 13.6. The number of carbonyl (C=O) groups excluding carboxylic acids is 4. The third-order valence-corrected chi connectivity index (χ3v) is 12.3. The lowest BCUT2D eigenvalue weighted by Crippen LogP contribution is -2.51. The van der Waals surface area contributed by atoms with Gasteiger partial charge >= 0.3 is 12.2 Å². The summed E-state index contributed by atoms with van der Waals surface area (Å²) in [4.78, 5) is 63.5. The maximum atomic E-state index is 13.6. The smallest absolute Gasteiger partial charge is 0.407 e. The van der Waals surface area contributed by atoms with Crippen LogP contribution in [0.4, 0.5) is 9.59 Å². The van der Waals surface area contributed by atoms with Gasteiger partial charge in [0.15, 0.2) is 0 Å². The summed E-state index contributed by atoms with van der Waals surface area (Å²) in [6.07, 6.45) is 2.18. The van der Waals surface area contributed by atoms with Gasteiger partial charge in [-0.1, -0.05) is 50.2 Å². The van der Waals surface area contributed by atoms with Crippen LogP contribution < -0.4 is 10.6 Å². The lowest BCUT2D eigenvalue weighted by atomic mass is 10.00. The summed E-state index contributed by atoms with van der Waals surface area (Å²) in [5.74, 6) is -0.348. The minimum Gasteiger partial charge on any atom is -0.453 e. The van der Waals surface area contributed by atoms with Gasteiger partial charge in [0.2, 0.25) is 11.8 Å². The second-order valence-corrected chi connectivity index (χ2v) is 15.8. The third-order valence-electron chi connectivity index (χ3n) is 10.0. The highest BCUT2D eigenvalue weighted by Crippen LogP contribution is 2.40. The molecule has 2 aromatic heterocycles. The van der Waals surface area contributed by atoms with Gasteiger partial charge in [-0.2, -0.15) is 0 Å². The van der Waals surface area contributed by atoms with Crippen LogP contribution in [0.5, 0.6) is 0 Å². The highest BCUT2D eigenvalue weighted by atomic mass is 32.1. The van der Waals surface area contributed by atoms with Gasteiger partial charge in [-0.25, -0.2) is 19.6 Å². The molecule has 3 aromatic carbocycles. The summed E-state index contributed by atoms with van der Waals surface area (Å²) in [5, 5.41) is 7.01. The van der Waals surface area contributed by atoms with E-state index in [0.29, 0.717) is 13.1 Å². The Bertz CT molecular complexity index is 2160. The van der Waals surface area contributed by atoms with Gasteiger partial charge < -0.3 is 29.9 Å². The van der Waals surface area contributed by atoms with E-state index in [2.05, 4.69) is 70.0 Å². The molecule has 276 valence electrons. The van der Waals surface area contributed by atoms with E-state index in [9.17, 15) is 19.2 Å².